The highest BCUT2D eigenvalue weighted by Gasteiger charge is 2.64. The number of methoxy groups -OCH3 is 2. The minimum absolute atomic E-state index is 0.0286. The van der Waals surface area contributed by atoms with E-state index in [9.17, 15) is 45.6 Å². The molecule has 6 aromatic rings. The molecule has 4 aromatic carbocycles. The average molecular weight is 1830 g/mol. The zero-order chi connectivity index (χ0) is 92.8. The summed E-state index contributed by atoms with van der Waals surface area (Å²) >= 11 is 0. The fraction of sp³-hybridized carbons (Fsp3) is 0.580. The van der Waals surface area contributed by atoms with Gasteiger partial charge >= 0.3 is 11.9 Å². The minimum atomic E-state index is -3.90. The summed E-state index contributed by atoms with van der Waals surface area (Å²) in [4.78, 5) is 128. The number of pyridine rings is 2. The molecule has 10 aliphatic rings. The lowest BCUT2D eigenvalue weighted by molar-refractivity contribution is -0.153. The summed E-state index contributed by atoms with van der Waals surface area (Å²) in [7, 11) is -4.70. The molecular weight excluding hydrogens is 1710 g/mol. The van der Waals surface area contributed by atoms with E-state index in [0.717, 1.165) is 38.5 Å². The van der Waals surface area contributed by atoms with Crippen LogP contribution in [0.2, 0.25) is 0 Å². The Morgan fingerprint density at radius 1 is 0.515 bits per heavy atom. The Morgan fingerprint density at radius 3 is 1.25 bits per heavy atom. The van der Waals surface area contributed by atoms with Gasteiger partial charge in [0, 0.05) is 58.4 Å². The Kier molecular flexibility index (Phi) is 27.8. The van der Waals surface area contributed by atoms with Crippen LogP contribution in [0, 0.1) is 80.6 Å². The Balaban J connectivity index is 0.000000199. The molecule has 700 valence electrons. The second-order valence-corrected chi connectivity index (χ2v) is 44.1. The van der Waals surface area contributed by atoms with Gasteiger partial charge in [0.2, 0.25) is 55.4 Å². The summed E-state index contributed by atoms with van der Waals surface area (Å²) in [6.07, 6.45) is 15.7. The van der Waals surface area contributed by atoms with Gasteiger partial charge in [-0.05, 0) is 262 Å². The maximum absolute atomic E-state index is 15.4. The highest BCUT2D eigenvalue weighted by atomic mass is 32.2. The summed E-state index contributed by atoms with van der Waals surface area (Å²) in [5.41, 5.74) is -0.973. The summed E-state index contributed by atoms with van der Waals surface area (Å²) in [6, 6.07) is 21.5. The third-order valence-corrected chi connectivity index (χ3v) is 31.9. The molecule has 6 saturated carbocycles. The minimum Gasteiger partial charge on any atom is -0.497 e. The monoisotopic (exact) mass is 1830 g/mol. The first-order valence-electron chi connectivity index (χ1n) is 46.4. The van der Waals surface area contributed by atoms with E-state index in [1.165, 1.54) is 21.9 Å². The number of halogens is 2. The molecule has 14 atom stereocenters. The van der Waals surface area contributed by atoms with E-state index in [4.69, 9.17) is 47.9 Å². The summed E-state index contributed by atoms with van der Waals surface area (Å²) < 4.78 is 135. The largest absolute Gasteiger partial charge is 0.497 e. The molecule has 0 unspecified atom stereocenters. The van der Waals surface area contributed by atoms with Crippen LogP contribution in [0.3, 0.4) is 0 Å². The van der Waals surface area contributed by atoms with E-state index in [0.29, 0.717) is 120 Å². The number of aromatic nitrogens is 2. The normalized spacial score (nSPS) is 28.3. The lowest BCUT2D eigenvalue weighted by atomic mass is 9.82. The number of nitrogens with zero attached hydrogens (tertiary/aromatic N) is 4. The number of allylic oxidation sites excluding steroid dienone is 4. The molecule has 0 spiro atoms. The van der Waals surface area contributed by atoms with Gasteiger partial charge in [-0.1, -0.05) is 65.8 Å². The lowest BCUT2D eigenvalue weighted by Gasteiger charge is -2.32. The molecule has 2 N–H and O–H groups in total. The van der Waals surface area contributed by atoms with Crippen LogP contribution in [0.15, 0.2) is 109 Å². The molecule has 6 aliphatic carbocycles. The lowest BCUT2D eigenvalue weighted by Crippen LogP contribution is -2.47. The predicted molar refractivity (Wildman–Crippen MR) is 484 cm³/mol. The number of sulfonamides is 2. The highest BCUT2D eigenvalue weighted by Crippen LogP contribution is 2.59. The third-order valence-electron chi connectivity index (χ3n) is 28.2. The van der Waals surface area contributed by atoms with Crippen LogP contribution >= 0.6 is 0 Å². The number of benzene rings is 4. The van der Waals surface area contributed by atoms with Crippen molar-refractivity contribution in [2.45, 2.75) is 257 Å². The second kappa shape index (κ2) is 38.2. The van der Waals surface area contributed by atoms with Crippen LogP contribution in [0.1, 0.15) is 210 Å². The van der Waals surface area contributed by atoms with Crippen molar-refractivity contribution >= 4 is 88.7 Å². The van der Waals surface area contributed by atoms with Crippen molar-refractivity contribution in [1.82, 2.24) is 29.2 Å². The van der Waals surface area contributed by atoms with Gasteiger partial charge in [0.1, 0.15) is 23.7 Å². The third kappa shape index (κ3) is 22.1. The van der Waals surface area contributed by atoms with Gasteiger partial charge in [-0.3, -0.25) is 47.8 Å². The number of esters is 2. The molecule has 4 amide bonds. The van der Waals surface area contributed by atoms with E-state index in [2.05, 4.69) is 37.1 Å². The van der Waals surface area contributed by atoms with E-state index < -0.39 is 124 Å². The number of carbonyl (C=O) groups excluding carboxylic acids is 8. The van der Waals surface area contributed by atoms with E-state index in [-0.39, 0.29) is 158 Å². The van der Waals surface area contributed by atoms with Gasteiger partial charge in [-0.25, -0.2) is 35.6 Å². The number of hydrogen-bond acceptors (Lipinski definition) is 22. The van der Waals surface area contributed by atoms with E-state index in [1.54, 1.807) is 74.9 Å². The van der Waals surface area contributed by atoms with Crippen molar-refractivity contribution in [3.05, 3.63) is 121 Å². The molecular formula is C100H124F2N6O20S2. The first kappa shape index (κ1) is 94.5. The standard InChI is InChI=1S/2C50H62FN3O10S/c2*1-29(2)63-44-16-11-32(21-40(44)51)41-22-33-20-35(61-6)12-15-38(33)46(52-41)64-36-23-42-43(55)26-50(48(58)53-65(59,60)37-13-14-37)25-34(50)10-8-7-9-30(3)19-31(4)39(47(57)54(42)27-36)24-45(56)62-28-49(5)17-18-49/h2*8,10-12,15-16,20-22,29-31,34,36-37,39,42H,7,9,13-14,17-19,23-28H2,1-6H3,(H,53,58)/b2*10-8-/t30-,31+,34+,36+,39-,42-,50+;30-,31-,34-,36-,39+,42+,50-/m01/s1. The molecule has 130 heavy (non-hydrogen) atoms. The van der Waals surface area contributed by atoms with Crippen LogP contribution in [-0.2, 0) is 67.9 Å². The highest BCUT2D eigenvalue weighted by molar-refractivity contribution is 7.91. The van der Waals surface area contributed by atoms with Crippen molar-refractivity contribution in [2.75, 3.05) is 40.5 Å². The zero-order valence-corrected chi connectivity index (χ0v) is 78.2. The number of ketones is 2. The number of amides is 4. The van der Waals surface area contributed by atoms with Gasteiger partial charge in [-0.15, -0.1) is 0 Å². The van der Waals surface area contributed by atoms with Gasteiger partial charge in [0.25, 0.3) is 0 Å². The van der Waals surface area contributed by atoms with Crippen molar-refractivity contribution in [3.8, 4) is 57.3 Å². The van der Waals surface area contributed by atoms with Crippen molar-refractivity contribution in [2.24, 2.45) is 69.0 Å². The van der Waals surface area contributed by atoms with Crippen molar-refractivity contribution in [1.29, 1.82) is 0 Å². The van der Waals surface area contributed by atoms with Gasteiger partial charge in [-0.2, -0.15) is 0 Å². The second-order valence-electron chi connectivity index (χ2n) is 40.2. The first-order chi connectivity index (χ1) is 61.7. The van der Waals surface area contributed by atoms with Crippen LogP contribution in [0.4, 0.5) is 8.78 Å². The Morgan fingerprint density at radius 2 is 0.900 bits per heavy atom. The molecule has 30 heteroatoms. The number of fused-ring (bicyclic) bond motifs is 6. The zero-order valence-electron chi connectivity index (χ0n) is 76.5. The molecule has 0 bridgehead atoms. The van der Waals surface area contributed by atoms with Crippen molar-refractivity contribution in [3.63, 3.8) is 0 Å². The maximum atomic E-state index is 15.4. The predicted octanol–water partition coefficient (Wildman–Crippen LogP) is 16.2. The molecule has 16 rings (SSSR count). The maximum Gasteiger partial charge on any atom is 0.306 e. The van der Waals surface area contributed by atoms with Gasteiger partial charge < -0.3 is 47.7 Å². The number of carbonyl (C=O) groups is 8. The number of nitrogens with one attached hydrogen (secondary N) is 2. The first-order valence-corrected chi connectivity index (χ1v) is 49.5. The van der Waals surface area contributed by atoms with Crippen LogP contribution in [0.25, 0.3) is 44.1 Å². The number of rotatable bonds is 26. The average Bonchev–Trinajstić information content (AvgIpc) is 1.62. The molecule has 2 aromatic heterocycles. The number of hydrogen-bond donors (Lipinski definition) is 2. The van der Waals surface area contributed by atoms with Crippen LogP contribution in [-0.4, -0.2) is 171 Å². The SMILES string of the molecule is COc1ccc2c(O[C@@H]3C[C@H]4C(=O)C[C@]5(C(=O)NS(=O)(=O)C6CC6)C[C@H]5/C=C\CC[C@@H](C)C[C@@H](C)[C@H](CC(=O)OCC5(C)CC5)C(=O)N4C3)nc(-c3ccc(OC(C)C)c(F)c3)cc2c1.COc1ccc2c(O[C@@H]3C[C@H]4C(=O)C[C@]5(C(=O)NS(=O)(=O)C6CC6)C[C@H]5/C=C\CC[C@H](C)C[C@@H](C)[C@H](CC(=O)OCC5(C)CC5)C(=O)N4C3)nc(-c3ccc(OC(C)C)c(F)c3)cc2c1. The fourth-order valence-electron chi connectivity index (χ4n) is 19.1. The molecule has 2 saturated heterocycles. The van der Waals surface area contributed by atoms with E-state index >= 15 is 18.4 Å². The topological polar surface area (TPSA) is 335 Å². The smallest absolute Gasteiger partial charge is 0.306 e. The Labute approximate surface area is 760 Å². The molecule has 26 nitrogen and oxygen atoms in total. The van der Waals surface area contributed by atoms with Crippen LogP contribution in [0.5, 0.6) is 34.8 Å². The number of ether oxygens (including phenoxy) is 8. The number of Topliss-reactive ketones (excluding diaryl/α,β-unsaturated/α-hetero) is 2. The Bertz CT molecular complexity index is 5310. The molecule has 8 fully saturated rings. The summed E-state index contributed by atoms with van der Waals surface area (Å²) in [5.74, 6) is -5.74. The van der Waals surface area contributed by atoms with Gasteiger partial charge in [0.15, 0.2) is 34.7 Å². The molecule has 0 radical (unpaired) electrons. The van der Waals surface area contributed by atoms with E-state index in [1.807, 2.05) is 78.0 Å². The molecule has 4 aliphatic heterocycles. The summed E-state index contributed by atoms with van der Waals surface area (Å²) in [6.45, 7) is 20.1. The molecule has 6 heterocycles. The van der Waals surface area contributed by atoms with Gasteiger partial charge in [0.05, 0.1) is 122 Å². The Hall–Kier alpha value is -10.1. The van der Waals surface area contributed by atoms with Crippen molar-refractivity contribution < 1.29 is 102 Å². The summed E-state index contributed by atoms with van der Waals surface area (Å²) in [5, 5.41) is 1.35. The fourth-order valence-corrected chi connectivity index (χ4v) is 21.9. The quantitative estimate of drug-likeness (QED) is 0.0376. The van der Waals surface area contributed by atoms with Crippen LogP contribution < -0.4 is 37.9 Å².